The molecule has 1 nitrogen and oxygen atoms in total. The summed E-state index contributed by atoms with van der Waals surface area (Å²) in [7, 11) is 9.87. The van der Waals surface area contributed by atoms with Crippen LogP contribution in [0, 0.1) is 12.0 Å². The van der Waals surface area contributed by atoms with Gasteiger partial charge in [-0.3, -0.25) is 6.08 Å². The van der Waals surface area contributed by atoms with Gasteiger partial charge in [-0.2, -0.15) is 11.1 Å². The number of allylic oxidation sites excluding steroid dienone is 4. The van der Waals surface area contributed by atoms with Crippen LogP contribution in [0.5, 0.6) is 0 Å². The minimum absolute atomic E-state index is 0.560. The molecule has 4 aromatic rings. The molecule has 0 fully saturated rings. The second-order valence-electron chi connectivity index (χ2n) is 7.46. The van der Waals surface area contributed by atoms with Crippen molar-refractivity contribution in [3.05, 3.63) is 95.7 Å². The molecule has 0 bridgehead atoms. The predicted octanol–water partition coefficient (Wildman–Crippen LogP) is 8.60. The average Bonchev–Trinajstić information content (AvgIpc) is 3.42. The first-order valence-electron chi connectivity index (χ1n) is 9.92. The Hall–Kier alpha value is -1.47. The largest absolute Gasteiger partial charge is 0.335 e. The number of para-hydroxylation sites is 1. The molecule has 1 unspecified atom stereocenters. The summed E-state index contributed by atoms with van der Waals surface area (Å²) in [6.07, 6.45) is 5.50. The molecule has 0 saturated heterocycles. The maximum atomic E-state index is 4.93. The fourth-order valence-corrected chi connectivity index (χ4v) is 3.74. The minimum atomic E-state index is -0.826. The van der Waals surface area contributed by atoms with Gasteiger partial charge in [-0.1, -0.05) is 51.0 Å². The van der Waals surface area contributed by atoms with E-state index in [4.69, 9.17) is 17.0 Å². The molecule has 0 spiro atoms. The SMILES string of the molecule is CC1=[C-]C(C)C(C)=C1C.[Cl][Zr+2][Cl].c1ccc2[cH-]c(-n3ccc4ccccc43)cc2c1. The van der Waals surface area contributed by atoms with Crippen molar-refractivity contribution >= 4 is 38.7 Å². The Labute approximate surface area is 198 Å². The number of benzene rings is 2. The van der Waals surface area contributed by atoms with E-state index >= 15 is 0 Å². The third-order valence-electron chi connectivity index (χ3n) is 5.72. The Kier molecular flexibility index (Phi) is 8.29. The third kappa shape index (κ3) is 5.23. The van der Waals surface area contributed by atoms with Gasteiger partial charge in [0.05, 0.1) is 5.52 Å². The van der Waals surface area contributed by atoms with Crippen LogP contribution in [0.1, 0.15) is 27.7 Å². The second-order valence-corrected chi connectivity index (χ2v) is 11.2. The monoisotopic (exact) mass is 511 g/mol. The zero-order valence-corrected chi connectivity index (χ0v) is 21.7. The van der Waals surface area contributed by atoms with Gasteiger partial charge in [0.25, 0.3) is 0 Å². The molecule has 1 atom stereocenters. The van der Waals surface area contributed by atoms with Gasteiger partial charge in [-0.15, -0.1) is 48.0 Å². The van der Waals surface area contributed by atoms with Crippen LogP contribution in [0.15, 0.2) is 89.6 Å². The summed E-state index contributed by atoms with van der Waals surface area (Å²) >= 11 is -0.826. The van der Waals surface area contributed by atoms with Gasteiger partial charge in [-0.05, 0) is 23.2 Å². The molecule has 5 rings (SSSR count). The first kappa shape index (κ1) is 23.2. The van der Waals surface area contributed by atoms with Crippen molar-refractivity contribution < 1.29 is 20.8 Å². The fourth-order valence-electron chi connectivity index (χ4n) is 3.74. The Morgan fingerprint density at radius 3 is 2.13 bits per heavy atom. The van der Waals surface area contributed by atoms with Gasteiger partial charge < -0.3 is 4.57 Å². The summed E-state index contributed by atoms with van der Waals surface area (Å²) in [4.78, 5) is 0. The minimum Gasteiger partial charge on any atom is -0.335 e. The van der Waals surface area contributed by atoms with Crippen LogP contribution in [-0.4, -0.2) is 4.57 Å². The Morgan fingerprint density at radius 2 is 1.57 bits per heavy atom. The predicted molar refractivity (Wildman–Crippen MR) is 128 cm³/mol. The van der Waals surface area contributed by atoms with Crippen molar-refractivity contribution in [2.75, 3.05) is 0 Å². The van der Waals surface area contributed by atoms with Crippen LogP contribution in [0.3, 0.4) is 0 Å². The van der Waals surface area contributed by atoms with E-state index in [9.17, 15) is 0 Å². The summed E-state index contributed by atoms with van der Waals surface area (Å²) in [5.41, 5.74) is 6.74. The number of halogens is 2. The summed E-state index contributed by atoms with van der Waals surface area (Å²) < 4.78 is 2.25. The fraction of sp³-hybridized carbons (Fsp3) is 0.192. The molecule has 1 aromatic heterocycles. The molecule has 0 N–H and O–H groups in total. The summed E-state index contributed by atoms with van der Waals surface area (Å²) in [5.74, 6) is 0.560. The van der Waals surface area contributed by atoms with E-state index in [1.165, 1.54) is 44.1 Å². The van der Waals surface area contributed by atoms with Crippen molar-refractivity contribution in [3.63, 3.8) is 0 Å². The topological polar surface area (TPSA) is 4.93 Å². The molecule has 30 heavy (non-hydrogen) atoms. The van der Waals surface area contributed by atoms with Crippen LogP contribution in [0.4, 0.5) is 0 Å². The molecule has 0 amide bonds. The number of aromatic nitrogens is 1. The standard InChI is InChI=1S/C17H12N.C9H13.2ClH.Zr/c1-2-7-15-12-16(11-14(15)6-1)18-10-9-13-5-3-4-8-17(13)18;1-6-5-7(2)9(4)8(6)3;;;/h1-12H;6H,1-4H3;2*1H;/q2*-1;;;+4/p-2. The second kappa shape index (κ2) is 10.7. The third-order valence-corrected chi connectivity index (χ3v) is 5.72. The van der Waals surface area contributed by atoms with Gasteiger partial charge in [0.15, 0.2) is 0 Å². The normalized spacial score (nSPS) is 15.3. The van der Waals surface area contributed by atoms with Crippen molar-refractivity contribution in [2.45, 2.75) is 27.7 Å². The van der Waals surface area contributed by atoms with Gasteiger partial charge >= 0.3 is 37.9 Å². The number of hydrogen-bond donors (Lipinski definition) is 0. The quantitative estimate of drug-likeness (QED) is 0.225. The average molecular weight is 514 g/mol. The van der Waals surface area contributed by atoms with Crippen molar-refractivity contribution in [2.24, 2.45) is 5.92 Å². The van der Waals surface area contributed by atoms with Crippen LogP contribution < -0.4 is 0 Å². The van der Waals surface area contributed by atoms with Gasteiger partial charge in [-0.25, -0.2) is 5.57 Å². The van der Waals surface area contributed by atoms with Crippen molar-refractivity contribution in [3.8, 4) is 5.69 Å². The molecule has 0 aliphatic heterocycles. The molecule has 3 aromatic carbocycles. The molecule has 1 heterocycles. The summed E-state index contributed by atoms with van der Waals surface area (Å²) in [5, 5.41) is 3.87. The first-order chi connectivity index (χ1) is 14.5. The van der Waals surface area contributed by atoms with Gasteiger partial charge in [0.1, 0.15) is 0 Å². The Morgan fingerprint density at radius 1 is 0.933 bits per heavy atom. The Bertz CT molecular complexity index is 1160. The van der Waals surface area contributed by atoms with E-state index in [0.717, 1.165) is 0 Å². The van der Waals surface area contributed by atoms with E-state index < -0.39 is 20.8 Å². The van der Waals surface area contributed by atoms with Crippen LogP contribution in [0.25, 0.3) is 27.4 Å². The maximum Gasteiger partial charge on any atom is 0.0511 e. The molecule has 0 radical (unpaired) electrons. The summed E-state index contributed by atoms with van der Waals surface area (Å²) in [6.45, 7) is 8.67. The van der Waals surface area contributed by atoms with E-state index in [0.29, 0.717) is 5.92 Å². The van der Waals surface area contributed by atoms with E-state index in [-0.39, 0.29) is 0 Å². The molecule has 152 valence electrons. The van der Waals surface area contributed by atoms with E-state index in [1.54, 1.807) is 0 Å². The number of hydrogen-bond acceptors (Lipinski definition) is 0. The molecule has 1 aliphatic carbocycles. The Balaban J connectivity index is 0.000000180. The van der Waals surface area contributed by atoms with Crippen molar-refractivity contribution in [1.29, 1.82) is 0 Å². The van der Waals surface area contributed by atoms with E-state index in [2.05, 4.69) is 111 Å². The molecular formula is C26H25Cl2NZr. The smallest absolute Gasteiger partial charge is 0.0511 e. The van der Waals surface area contributed by atoms with Gasteiger partial charge in [0.2, 0.25) is 0 Å². The molecule has 0 saturated carbocycles. The van der Waals surface area contributed by atoms with E-state index in [1.807, 2.05) is 0 Å². The zero-order valence-electron chi connectivity index (χ0n) is 17.7. The molecular weight excluding hydrogens is 488 g/mol. The number of rotatable bonds is 1. The van der Waals surface area contributed by atoms with Crippen LogP contribution in [0.2, 0.25) is 0 Å². The first-order valence-corrected chi connectivity index (χ1v) is 16.2. The maximum absolute atomic E-state index is 4.93. The molecule has 1 aliphatic rings. The zero-order chi connectivity index (χ0) is 21.7. The molecule has 4 heteroatoms. The van der Waals surface area contributed by atoms with Gasteiger partial charge in [0, 0.05) is 6.20 Å². The van der Waals surface area contributed by atoms with Crippen molar-refractivity contribution in [1.82, 2.24) is 4.57 Å². The number of fused-ring (bicyclic) bond motifs is 2. The number of nitrogens with zero attached hydrogens (tertiary/aromatic N) is 1. The van der Waals surface area contributed by atoms with Crippen LogP contribution >= 0.6 is 17.0 Å². The van der Waals surface area contributed by atoms with Crippen LogP contribution in [-0.2, 0) is 20.8 Å². The summed E-state index contributed by atoms with van der Waals surface area (Å²) in [6, 6.07) is 23.6.